The Hall–Kier alpha value is -2.40. The van der Waals surface area contributed by atoms with E-state index in [1.54, 1.807) is 24.3 Å². The van der Waals surface area contributed by atoms with Gasteiger partial charge in [-0.1, -0.05) is 53.6 Å². The van der Waals surface area contributed by atoms with Crippen molar-refractivity contribution in [2.75, 3.05) is 0 Å². The molecule has 0 saturated carbocycles. The van der Waals surface area contributed by atoms with Gasteiger partial charge in [0.1, 0.15) is 0 Å². The minimum absolute atomic E-state index is 0.316. The van der Waals surface area contributed by atoms with Crippen LogP contribution in [0.3, 0.4) is 0 Å². The van der Waals surface area contributed by atoms with Gasteiger partial charge in [0.15, 0.2) is 0 Å². The molecule has 1 aromatic heterocycles. The van der Waals surface area contributed by atoms with Crippen LogP contribution in [-0.4, -0.2) is 19.8 Å². The highest BCUT2D eigenvalue weighted by molar-refractivity contribution is 6.32. The summed E-state index contributed by atoms with van der Waals surface area (Å²) in [6.07, 6.45) is 0. The van der Waals surface area contributed by atoms with Crippen LogP contribution in [0.4, 0.5) is 0 Å². The fraction of sp³-hybridized carbons (Fsp3) is 0.133. The highest BCUT2D eigenvalue weighted by Crippen LogP contribution is 2.16. The van der Waals surface area contributed by atoms with Gasteiger partial charge in [0, 0.05) is 0 Å². The quantitative estimate of drug-likeness (QED) is 0.746. The van der Waals surface area contributed by atoms with Gasteiger partial charge in [-0.3, -0.25) is 0 Å². The van der Waals surface area contributed by atoms with Crippen LogP contribution in [-0.2, 0) is 6.54 Å². The lowest BCUT2D eigenvalue weighted by atomic mass is 10.1. The molecule has 0 aliphatic carbocycles. The molecular formula is C15H13ClN4O. The zero-order valence-corrected chi connectivity index (χ0v) is 12.2. The number of para-hydroxylation sites is 1. The standard InChI is InChI=1S/C15H13ClN4O/c1-11-6-8-12(9-7-11)10-19-15(21)20(18-17-19)14-5-3-2-4-13(14)16/h2-9H,10H2,1H3. The molecule has 0 spiro atoms. The number of tetrazole rings is 1. The van der Waals surface area contributed by atoms with Gasteiger partial charge in [-0.05, 0) is 35.0 Å². The summed E-state index contributed by atoms with van der Waals surface area (Å²) in [6, 6.07) is 15.0. The third kappa shape index (κ3) is 2.73. The maximum atomic E-state index is 12.3. The molecule has 0 aliphatic rings. The van der Waals surface area contributed by atoms with Crippen molar-refractivity contribution in [2.45, 2.75) is 13.5 Å². The average Bonchev–Trinajstić information content (AvgIpc) is 2.83. The Balaban J connectivity index is 1.95. The van der Waals surface area contributed by atoms with Crippen molar-refractivity contribution in [3.05, 3.63) is 75.2 Å². The van der Waals surface area contributed by atoms with Gasteiger partial charge in [0.25, 0.3) is 0 Å². The van der Waals surface area contributed by atoms with E-state index in [1.165, 1.54) is 14.9 Å². The first kappa shape index (κ1) is 13.6. The van der Waals surface area contributed by atoms with E-state index >= 15 is 0 Å². The van der Waals surface area contributed by atoms with E-state index in [2.05, 4.69) is 10.4 Å². The monoisotopic (exact) mass is 300 g/mol. The normalized spacial score (nSPS) is 10.8. The fourth-order valence-corrected chi connectivity index (χ4v) is 2.23. The van der Waals surface area contributed by atoms with Gasteiger partial charge < -0.3 is 0 Å². The van der Waals surface area contributed by atoms with Crippen LogP contribution in [0.5, 0.6) is 0 Å². The van der Waals surface area contributed by atoms with E-state index in [1.807, 2.05) is 31.2 Å². The van der Waals surface area contributed by atoms with Crippen LogP contribution in [0.1, 0.15) is 11.1 Å². The molecule has 0 atom stereocenters. The molecule has 3 rings (SSSR count). The minimum Gasteiger partial charge on any atom is -0.244 e. The Morgan fingerprint density at radius 2 is 1.76 bits per heavy atom. The fourth-order valence-electron chi connectivity index (χ4n) is 2.01. The molecular weight excluding hydrogens is 288 g/mol. The molecule has 5 nitrogen and oxygen atoms in total. The second-order valence-electron chi connectivity index (χ2n) is 4.77. The van der Waals surface area contributed by atoms with Crippen LogP contribution < -0.4 is 5.69 Å². The summed E-state index contributed by atoms with van der Waals surface area (Å²) in [5.74, 6) is 0. The molecule has 2 aromatic carbocycles. The second-order valence-corrected chi connectivity index (χ2v) is 5.18. The van der Waals surface area contributed by atoms with Crippen LogP contribution >= 0.6 is 11.6 Å². The highest BCUT2D eigenvalue weighted by atomic mass is 35.5. The molecule has 0 radical (unpaired) electrons. The Morgan fingerprint density at radius 1 is 1.05 bits per heavy atom. The van der Waals surface area contributed by atoms with E-state index in [0.29, 0.717) is 17.3 Å². The van der Waals surface area contributed by atoms with Crippen molar-refractivity contribution in [1.29, 1.82) is 0 Å². The lowest BCUT2D eigenvalue weighted by Gasteiger charge is -2.01. The van der Waals surface area contributed by atoms with E-state index in [4.69, 9.17) is 11.6 Å². The zero-order valence-electron chi connectivity index (χ0n) is 11.4. The Bertz CT molecular complexity index is 820. The molecule has 0 bridgehead atoms. The van der Waals surface area contributed by atoms with Gasteiger partial charge in [-0.15, -0.1) is 0 Å². The molecule has 0 unspecified atom stereocenters. The lowest BCUT2D eigenvalue weighted by molar-refractivity contribution is 0.632. The van der Waals surface area contributed by atoms with Crippen molar-refractivity contribution in [1.82, 2.24) is 19.8 Å². The number of aryl methyl sites for hydroxylation is 1. The van der Waals surface area contributed by atoms with Crippen LogP contribution in [0.15, 0.2) is 53.3 Å². The molecule has 21 heavy (non-hydrogen) atoms. The smallest absolute Gasteiger partial charge is 0.244 e. The summed E-state index contributed by atoms with van der Waals surface area (Å²) >= 11 is 6.08. The predicted molar refractivity (Wildman–Crippen MR) is 80.9 cm³/mol. The summed E-state index contributed by atoms with van der Waals surface area (Å²) in [5.41, 5.74) is 2.38. The Kier molecular flexibility index (Phi) is 3.58. The molecule has 0 saturated heterocycles. The molecule has 0 fully saturated rings. The highest BCUT2D eigenvalue weighted by Gasteiger charge is 2.11. The van der Waals surface area contributed by atoms with Crippen LogP contribution in [0.2, 0.25) is 5.02 Å². The van der Waals surface area contributed by atoms with Crippen molar-refractivity contribution >= 4 is 11.6 Å². The first-order valence-electron chi connectivity index (χ1n) is 6.48. The number of nitrogens with zero attached hydrogens (tertiary/aromatic N) is 4. The van der Waals surface area contributed by atoms with Crippen molar-refractivity contribution in [2.24, 2.45) is 0 Å². The van der Waals surface area contributed by atoms with Gasteiger partial charge >= 0.3 is 5.69 Å². The van der Waals surface area contributed by atoms with E-state index in [9.17, 15) is 4.79 Å². The molecule has 0 aliphatic heterocycles. The number of hydrogen-bond acceptors (Lipinski definition) is 3. The summed E-state index contributed by atoms with van der Waals surface area (Å²) in [6.45, 7) is 2.40. The predicted octanol–water partition coefficient (Wildman–Crippen LogP) is 2.44. The Morgan fingerprint density at radius 3 is 2.48 bits per heavy atom. The largest absolute Gasteiger partial charge is 0.368 e. The molecule has 3 aromatic rings. The van der Waals surface area contributed by atoms with Crippen molar-refractivity contribution in [3.63, 3.8) is 0 Å². The number of aromatic nitrogens is 4. The van der Waals surface area contributed by atoms with E-state index in [-0.39, 0.29) is 5.69 Å². The number of benzene rings is 2. The van der Waals surface area contributed by atoms with E-state index < -0.39 is 0 Å². The summed E-state index contributed by atoms with van der Waals surface area (Å²) < 4.78 is 2.52. The van der Waals surface area contributed by atoms with Gasteiger partial charge in [0.2, 0.25) is 0 Å². The topological polar surface area (TPSA) is 52.7 Å². The van der Waals surface area contributed by atoms with Gasteiger partial charge in [-0.2, -0.15) is 9.36 Å². The van der Waals surface area contributed by atoms with Crippen molar-refractivity contribution < 1.29 is 0 Å². The van der Waals surface area contributed by atoms with E-state index in [0.717, 1.165) is 5.56 Å². The molecule has 1 heterocycles. The third-order valence-corrected chi connectivity index (χ3v) is 3.49. The zero-order chi connectivity index (χ0) is 14.8. The van der Waals surface area contributed by atoms with Crippen LogP contribution in [0.25, 0.3) is 5.69 Å². The minimum atomic E-state index is -0.316. The Labute approximate surface area is 126 Å². The number of halogens is 1. The molecule has 6 heteroatoms. The SMILES string of the molecule is Cc1ccc(Cn2nnn(-c3ccccc3Cl)c2=O)cc1. The van der Waals surface area contributed by atoms with Crippen molar-refractivity contribution in [3.8, 4) is 5.69 Å². The average molecular weight is 301 g/mol. The molecule has 106 valence electrons. The summed E-state index contributed by atoms with van der Waals surface area (Å²) in [7, 11) is 0. The van der Waals surface area contributed by atoms with Gasteiger partial charge in [0.05, 0.1) is 17.3 Å². The first-order chi connectivity index (χ1) is 10.1. The maximum Gasteiger partial charge on any atom is 0.368 e. The van der Waals surface area contributed by atoms with Crippen LogP contribution in [0, 0.1) is 6.92 Å². The van der Waals surface area contributed by atoms with Gasteiger partial charge in [-0.25, -0.2) is 4.79 Å². The molecule has 0 amide bonds. The lowest BCUT2D eigenvalue weighted by Crippen LogP contribution is -2.24. The summed E-state index contributed by atoms with van der Waals surface area (Å²) in [4.78, 5) is 12.3. The third-order valence-electron chi connectivity index (χ3n) is 3.17. The second kappa shape index (κ2) is 5.54. The first-order valence-corrected chi connectivity index (χ1v) is 6.86. The number of hydrogen-bond donors (Lipinski definition) is 0. The maximum absolute atomic E-state index is 12.3. The number of rotatable bonds is 3. The summed E-state index contributed by atoms with van der Waals surface area (Å²) in [5, 5.41) is 8.26. The molecule has 0 N–H and O–H groups in total.